The van der Waals surface area contributed by atoms with E-state index in [1.165, 1.54) is 20.8 Å². The summed E-state index contributed by atoms with van der Waals surface area (Å²) < 4.78 is 0. The van der Waals surface area contributed by atoms with Crippen molar-refractivity contribution in [2.24, 2.45) is 34.6 Å². The van der Waals surface area contributed by atoms with Crippen molar-refractivity contribution >= 4 is 65.0 Å². The lowest BCUT2D eigenvalue weighted by molar-refractivity contribution is -0.137. The maximum absolute atomic E-state index is 14.5. The molecule has 1 aliphatic rings. The van der Waals surface area contributed by atoms with Gasteiger partial charge in [0.2, 0.25) is 65.0 Å². The number of carbonyl (C=O) groups excluding carboxylic acids is 11. The Morgan fingerprint density at radius 2 is 1.02 bits per heavy atom. The Kier molecular flexibility index (Phi) is 33.8. The normalized spacial score (nSPS) is 23.3. The van der Waals surface area contributed by atoms with Crippen LogP contribution in [0.1, 0.15) is 111 Å². The van der Waals surface area contributed by atoms with E-state index < -0.39 is 157 Å². The molecule has 1 aromatic carbocycles. The molecule has 474 valence electrons. The largest absolute Gasteiger partial charge is 0.391 e. The molecule has 30 nitrogen and oxygen atoms in total. The van der Waals surface area contributed by atoms with Gasteiger partial charge in [-0.3, -0.25) is 52.7 Å². The van der Waals surface area contributed by atoms with Crippen LogP contribution in [0.2, 0.25) is 0 Å². The Labute approximate surface area is 490 Å². The van der Waals surface area contributed by atoms with E-state index in [0.717, 1.165) is 19.3 Å². The highest BCUT2D eigenvalue weighted by Crippen LogP contribution is 2.13. The van der Waals surface area contributed by atoms with Gasteiger partial charge in [-0.15, -0.1) is 0 Å². The molecule has 84 heavy (non-hydrogen) atoms. The number of carbonyl (C=O) groups is 11. The number of amides is 11. The standard InChI is InChI=1S/C54H94N16O14/c1-6-29(2)12-10-11-15-41(74)61-34(16-22-55)49(79)69-43(31(4)72)53(83)66-37(19-25-58)46(76)64-39-21-27-60-52(82)42(30(3)71)68-50(80)38(20-26-59)63-45(75)36(18-24-57)65-54(84)44(32(5)73)70-51(81)40(28-33-13-8-7-9-14-33)67-47(77)35(17-23-56)62-48(39)78/h7-9,13-14,29-32,34-40,42-44,71-73H,6,10-12,15-28,55-59H2,1-5H3,(H,60,82)(H,61,74)(H,62,78)(H,63,75)(H,64,76)(H,65,84)(H,66,83)(H,67,77)(H,68,80)(H,69,79)(H,70,81)/t29-,30+,31+,32+,34-,35-,36-,37-,38-,39-,40-,42-,43-,44-/m0/s1. The first-order chi connectivity index (χ1) is 39.8. The SMILES string of the molecule is CC[C@H](C)CCCCC(=O)N[C@@H](CCN)C(=O)N[C@H](C(=O)N[C@@H](CCN)C(=O)N[C@H]1CCNC(=O)[C@H]([C@@H](C)O)NC(=O)[C@H](CCN)NC(=O)[C@H](CCN)NC(=O)[C@H]([C@@H](C)O)NC(=O)[C@H](Cc2ccccc2)NC(=O)[C@H](CCN)NC1=O)[C@@H](C)O. The summed E-state index contributed by atoms with van der Waals surface area (Å²) in [7, 11) is 0. The van der Waals surface area contributed by atoms with Crippen LogP contribution in [0, 0.1) is 5.92 Å². The molecule has 1 aliphatic heterocycles. The number of nitrogens with two attached hydrogens (primary N) is 5. The summed E-state index contributed by atoms with van der Waals surface area (Å²) in [6.45, 7) is 6.39. The summed E-state index contributed by atoms with van der Waals surface area (Å²) in [4.78, 5) is 153. The van der Waals surface area contributed by atoms with Crippen LogP contribution in [-0.2, 0) is 59.2 Å². The predicted molar refractivity (Wildman–Crippen MR) is 308 cm³/mol. The van der Waals surface area contributed by atoms with Gasteiger partial charge in [0.05, 0.1) is 18.3 Å². The van der Waals surface area contributed by atoms with Gasteiger partial charge in [0, 0.05) is 19.4 Å². The van der Waals surface area contributed by atoms with Crippen LogP contribution in [0.3, 0.4) is 0 Å². The fraction of sp³-hybridized carbons (Fsp3) is 0.685. The molecular weight excluding hydrogens is 1100 g/mol. The predicted octanol–water partition coefficient (Wildman–Crippen LogP) is -6.91. The monoisotopic (exact) mass is 1190 g/mol. The molecule has 14 atom stereocenters. The Morgan fingerprint density at radius 3 is 1.52 bits per heavy atom. The Hall–Kier alpha value is -6.93. The zero-order valence-electron chi connectivity index (χ0n) is 48.9. The Balaban J connectivity index is 2.66. The van der Waals surface area contributed by atoms with Crippen LogP contribution in [-0.4, -0.2) is 198 Å². The van der Waals surface area contributed by atoms with Crippen LogP contribution >= 0.6 is 0 Å². The van der Waals surface area contributed by atoms with Crippen LogP contribution in [0.25, 0.3) is 0 Å². The molecule has 11 amide bonds. The number of aliphatic hydroxyl groups excluding tert-OH is 3. The number of hydrogen-bond acceptors (Lipinski definition) is 19. The van der Waals surface area contributed by atoms with E-state index in [2.05, 4.69) is 72.3 Å². The van der Waals surface area contributed by atoms with E-state index in [9.17, 15) is 68.1 Å². The summed E-state index contributed by atoms with van der Waals surface area (Å²) in [5.41, 5.74) is 29.7. The van der Waals surface area contributed by atoms with Crippen LogP contribution in [0.15, 0.2) is 30.3 Å². The van der Waals surface area contributed by atoms with Crippen molar-refractivity contribution in [1.29, 1.82) is 0 Å². The third kappa shape index (κ3) is 25.5. The van der Waals surface area contributed by atoms with E-state index in [1.54, 1.807) is 30.3 Å². The molecule has 0 unspecified atom stereocenters. The van der Waals surface area contributed by atoms with E-state index in [0.29, 0.717) is 17.9 Å². The average Bonchev–Trinajstić information content (AvgIpc) is 3.67. The van der Waals surface area contributed by atoms with Crippen molar-refractivity contribution in [2.75, 3.05) is 39.3 Å². The van der Waals surface area contributed by atoms with Crippen LogP contribution in [0.5, 0.6) is 0 Å². The van der Waals surface area contributed by atoms with Gasteiger partial charge >= 0.3 is 0 Å². The zero-order valence-corrected chi connectivity index (χ0v) is 48.9. The lowest BCUT2D eigenvalue weighted by atomic mass is 10.0. The van der Waals surface area contributed by atoms with Gasteiger partial charge in [0.25, 0.3) is 0 Å². The van der Waals surface area contributed by atoms with E-state index in [-0.39, 0.29) is 77.7 Å². The maximum atomic E-state index is 14.5. The first-order valence-electron chi connectivity index (χ1n) is 28.7. The molecule has 0 radical (unpaired) electrons. The summed E-state index contributed by atoms with van der Waals surface area (Å²) in [6, 6.07) is -7.36. The van der Waals surface area contributed by atoms with Crippen molar-refractivity contribution in [3.8, 4) is 0 Å². The average molecular weight is 1190 g/mol. The topological polar surface area (TPSA) is 511 Å². The molecule has 24 N–H and O–H groups in total. The Bertz CT molecular complexity index is 2300. The minimum atomic E-state index is -1.77. The molecule has 0 bridgehead atoms. The van der Waals surface area contributed by atoms with Gasteiger partial charge in [-0.2, -0.15) is 0 Å². The molecule has 0 saturated carbocycles. The van der Waals surface area contributed by atoms with Gasteiger partial charge in [0.1, 0.15) is 60.4 Å². The van der Waals surface area contributed by atoms with E-state index in [1.807, 2.05) is 0 Å². The lowest BCUT2D eigenvalue weighted by Crippen LogP contribution is -2.62. The molecule has 1 heterocycles. The van der Waals surface area contributed by atoms with Crippen molar-refractivity contribution in [3.05, 3.63) is 35.9 Å². The third-order valence-electron chi connectivity index (χ3n) is 14.0. The smallest absolute Gasteiger partial charge is 0.245 e. The minimum Gasteiger partial charge on any atom is -0.391 e. The molecule has 30 heteroatoms. The molecule has 2 rings (SSSR count). The third-order valence-corrected chi connectivity index (χ3v) is 14.0. The number of aliphatic hydroxyl groups is 3. The second kappa shape index (κ2) is 38.8. The van der Waals surface area contributed by atoms with E-state index in [4.69, 9.17) is 28.7 Å². The highest BCUT2D eigenvalue weighted by molar-refractivity contribution is 5.99. The second-order valence-corrected chi connectivity index (χ2v) is 21.1. The lowest BCUT2D eigenvalue weighted by Gasteiger charge is -2.29. The highest BCUT2D eigenvalue weighted by Gasteiger charge is 2.38. The van der Waals surface area contributed by atoms with Crippen LogP contribution < -0.4 is 87.2 Å². The van der Waals surface area contributed by atoms with Crippen molar-refractivity contribution in [2.45, 2.75) is 190 Å². The van der Waals surface area contributed by atoms with Gasteiger partial charge in [-0.05, 0) is 110 Å². The number of rotatable bonds is 28. The summed E-state index contributed by atoms with van der Waals surface area (Å²) in [5.74, 6) is -9.99. The van der Waals surface area contributed by atoms with E-state index >= 15 is 0 Å². The van der Waals surface area contributed by atoms with Crippen molar-refractivity contribution in [3.63, 3.8) is 0 Å². The maximum Gasteiger partial charge on any atom is 0.245 e. The molecule has 1 saturated heterocycles. The molecule has 0 aromatic heterocycles. The van der Waals surface area contributed by atoms with Gasteiger partial charge in [-0.1, -0.05) is 63.4 Å². The van der Waals surface area contributed by atoms with Gasteiger partial charge in [-0.25, -0.2) is 0 Å². The highest BCUT2D eigenvalue weighted by atomic mass is 16.3. The summed E-state index contributed by atoms with van der Waals surface area (Å²) >= 11 is 0. The Morgan fingerprint density at radius 1 is 0.548 bits per heavy atom. The zero-order chi connectivity index (χ0) is 63.1. The van der Waals surface area contributed by atoms with Crippen molar-refractivity contribution < 1.29 is 68.1 Å². The quantitative estimate of drug-likeness (QED) is 0.0347. The minimum absolute atomic E-state index is 0.0257. The second-order valence-electron chi connectivity index (χ2n) is 21.1. The number of benzene rings is 1. The summed E-state index contributed by atoms with van der Waals surface area (Å²) in [6.07, 6.45) is -3.08. The van der Waals surface area contributed by atoms with Gasteiger partial charge < -0.3 is 102 Å². The number of nitrogens with one attached hydrogen (secondary N) is 11. The molecule has 0 aliphatic carbocycles. The summed E-state index contributed by atoms with van der Waals surface area (Å²) in [5, 5.41) is 59.6. The molecule has 0 spiro atoms. The molecule has 1 aromatic rings. The van der Waals surface area contributed by atoms with Crippen molar-refractivity contribution in [1.82, 2.24) is 58.5 Å². The number of hydrogen-bond donors (Lipinski definition) is 19. The first-order valence-corrected chi connectivity index (χ1v) is 28.7. The first kappa shape index (κ1) is 73.2. The number of unbranched alkanes of at least 4 members (excludes halogenated alkanes) is 1. The van der Waals surface area contributed by atoms with Gasteiger partial charge in [0.15, 0.2) is 0 Å². The molecular formula is C54H94N16O14. The molecule has 1 fully saturated rings. The fourth-order valence-electron chi connectivity index (χ4n) is 8.79. The van der Waals surface area contributed by atoms with Crippen LogP contribution in [0.4, 0.5) is 0 Å². The fourth-order valence-corrected chi connectivity index (χ4v) is 8.79.